The van der Waals surface area contributed by atoms with E-state index < -0.39 is 5.91 Å². The van der Waals surface area contributed by atoms with Gasteiger partial charge in [0.25, 0.3) is 5.91 Å². The molecule has 0 spiro atoms. The second-order valence-electron chi connectivity index (χ2n) is 8.35. The van der Waals surface area contributed by atoms with Crippen LogP contribution in [0.1, 0.15) is 22.3 Å². The second-order valence-corrected chi connectivity index (χ2v) is 11.3. The van der Waals surface area contributed by atoms with Gasteiger partial charge in [-0.25, -0.2) is 0 Å². The summed E-state index contributed by atoms with van der Waals surface area (Å²) < 4.78 is 12.4. The zero-order chi connectivity index (χ0) is 27.0. The highest BCUT2D eigenvalue weighted by molar-refractivity contribution is 14.1. The van der Waals surface area contributed by atoms with Gasteiger partial charge in [-0.1, -0.05) is 59.1 Å². The van der Waals surface area contributed by atoms with Crippen molar-refractivity contribution in [2.75, 3.05) is 7.11 Å². The van der Waals surface area contributed by atoms with Gasteiger partial charge in [-0.3, -0.25) is 10.2 Å². The first-order chi connectivity index (χ1) is 18.2. The SMILES string of the molecule is COc1cc(/C=C2/C(=N)N3N=C(c4ccc(C)cc4)SC3=NC2=O)cc(I)c1OCc1ccc(Cl)cc1Cl. The third-order valence-corrected chi connectivity index (χ3v) is 8.05. The molecule has 0 unspecified atom stereocenters. The minimum atomic E-state index is -0.499. The number of methoxy groups -OCH3 is 1. The van der Waals surface area contributed by atoms with Crippen LogP contribution in [0.15, 0.2) is 70.3 Å². The van der Waals surface area contributed by atoms with Crippen molar-refractivity contribution in [1.82, 2.24) is 5.01 Å². The van der Waals surface area contributed by atoms with Gasteiger partial charge in [-0.05, 0) is 77.2 Å². The lowest BCUT2D eigenvalue weighted by molar-refractivity contribution is -0.114. The summed E-state index contributed by atoms with van der Waals surface area (Å²) >= 11 is 15.7. The molecular formula is C27H19Cl2IN4O3S. The summed E-state index contributed by atoms with van der Waals surface area (Å²) in [5.74, 6) is 0.473. The van der Waals surface area contributed by atoms with Crippen LogP contribution >= 0.6 is 57.6 Å². The largest absolute Gasteiger partial charge is 0.493 e. The van der Waals surface area contributed by atoms with E-state index in [0.29, 0.717) is 37.3 Å². The molecule has 0 aliphatic carbocycles. The topological polar surface area (TPSA) is 87.3 Å². The number of amidine groups is 2. The van der Waals surface area contributed by atoms with Gasteiger partial charge in [0.05, 0.1) is 16.3 Å². The lowest BCUT2D eigenvalue weighted by atomic mass is 10.1. The van der Waals surface area contributed by atoms with Gasteiger partial charge >= 0.3 is 0 Å². The highest BCUT2D eigenvalue weighted by Crippen LogP contribution is 2.37. The molecule has 38 heavy (non-hydrogen) atoms. The van der Waals surface area contributed by atoms with Crippen molar-refractivity contribution in [2.24, 2.45) is 10.1 Å². The maximum atomic E-state index is 12.9. The number of rotatable bonds is 6. The van der Waals surface area contributed by atoms with E-state index in [4.69, 9.17) is 38.1 Å². The number of nitrogens with zero attached hydrogens (tertiary/aromatic N) is 3. The summed E-state index contributed by atoms with van der Waals surface area (Å²) in [6, 6.07) is 16.7. The van der Waals surface area contributed by atoms with E-state index in [1.54, 1.807) is 30.3 Å². The predicted molar refractivity (Wildman–Crippen MR) is 162 cm³/mol. The molecule has 3 aromatic rings. The van der Waals surface area contributed by atoms with Crippen molar-refractivity contribution in [1.29, 1.82) is 5.41 Å². The Morgan fingerprint density at radius 1 is 1.13 bits per heavy atom. The molecule has 0 saturated carbocycles. The van der Waals surface area contributed by atoms with Gasteiger partial charge in [0.2, 0.25) is 5.17 Å². The number of aryl methyl sites for hydroxylation is 1. The van der Waals surface area contributed by atoms with E-state index in [0.717, 1.165) is 20.3 Å². The fraction of sp³-hybridized carbons (Fsp3) is 0.111. The Hall–Kier alpha value is -2.86. The average Bonchev–Trinajstić information content (AvgIpc) is 3.31. The smallest absolute Gasteiger partial charge is 0.283 e. The molecule has 1 N–H and O–H groups in total. The first-order valence-electron chi connectivity index (χ1n) is 11.2. The quantitative estimate of drug-likeness (QED) is 0.221. The standard InChI is InChI=1S/C27H19Cl2IN4O3S/c1-14-3-5-16(6-4-14)26-33-34-24(31)19(25(35)32-27(34)38-26)9-15-10-21(30)23(22(11-15)36-2)37-13-17-7-8-18(28)12-20(17)29/h3-12,31H,13H2,1-2H3/b19-9-,31-24?. The molecule has 0 fully saturated rings. The number of carbonyl (C=O) groups is 1. The molecule has 0 aromatic heterocycles. The Morgan fingerprint density at radius 3 is 2.61 bits per heavy atom. The Labute approximate surface area is 247 Å². The normalized spacial score (nSPS) is 15.9. The van der Waals surface area contributed by atoms with Gasteiger partial charge in [0.15, 0.2) is 17.3 Å². The van der Waals surface area contributed by atoms with Crippen LogP contribution in [0.5, 0.6) is 11.5 Å². The van der Waals surface area contributed by atoms with Crippen molar-refractivity contribution in [3.05, 3.63) is 96.0 Å². The van der Waals surface area contributed by atoms with Crippen LogP contribution in [0, 0.1) is 15.9 Å². The molecule has 11 heteroatoms. The minimum absolute atomic E-state index is 0.0405. The van der Waals surface area contributed by atoms with Crippen molar-refractivity contribution < 1.29 is 14.3 Å². The fourth-order valence-corrected chi connectivity index (χ4v) is 5.86. The third kappa shape index (κ3) is 5.47. The van der Waals surface area contributed by atoms with Crippen molar-refractivity contribution in [3.63, 3.8) is 0 Å². The number of thioether (sulfide) groups is 1. The van der Waals surface area contributed by atoms with Crippen molar-refractivity contribution in [2.45, 2.75) is 13.5 Å². The second kappa shape index (κ2) is 11.1. The zero-order valence-corrected chi connectivity index (χ0v) is 24.6. The average molecular weight is 677 g/mol. The first-order valence-corrected chi connectivity index (χ1v) is 13.9. The predicted octanol–water partition coefficient (Wildman–Crippen LogP) is 7.16. The monoisotopic (exact) mass is 676 g/mol. The van der Waals surface area contributed by atoms with Crippen LogP contribution < -0.4 is 9.47 Å². The molecule has 2 aliphatic heterocycles. The lowest BCUT2D eigenvalue weighted by Gasteiger charge is -2.20. The number of fused-ring (bicyclic) bond motifs is 1. The molecule has 2 heterocycles. The number of halogens is 3. The van der Waals surface area contributed by atoms with Crippen LogP contribution in [0.4, 0.5) is 0 Å². The minimum Gasteiger partial charge on any atom is -0.493 e. The summed E-state index contributed by atoms with van der Waals surface area (Å²) in [6.07, 6.45) is 1.61. The van der Waals surface area contributed by atoms with Gasteiger partial charge in [0, 0.05) is 21.2 Å². The third-order valence-electron chi connectivity index (χ3n) is 5.70. The molecule has 0 radical (unpaired) electrons. The van der Waals surface area contributed by atoms with E-state index in [-0.39, 0.29) is 18.0 Å². The Morgan fingerprint density at radius 2 is 1.89 bits per heavy atom. The first kappa shape index (κ1) is 26.7. The number of nitrogens with one attached hydrogen (secondary N) is 1. The number of hydrogen-bond donors (Lipinski definition) is 1. The highest BCUT2D eigenvalue weighted by atomic mass is 127. The highest BCUT2D eigenvalue weighted by Gasteiger charge is 2.36. The molecule has 0 saturated heterocycles. The molecule has 2 aliphatic rings. The van der Waals surface area contributed by atoms with E-state index >= 15 is 0 Å². The van der Waals surface area contributed by atoms with Crippen LogP contribution in [-0.2, 0) is 11.4 Å². The molecular weight excluding hydrogens is 658 g/mol. The van der Waals surface area contributed by atoms with Crippen LogP contribution in [0.25, 0.3) is 6.08 Å². The molecule has 1 amide bonds. The molecule has 192 valence electrons. The summed E-state index contributed by atoms with van der Waals surface area (Å²) in [7, 11) is 1.54. The van der Waals surface area contributed by atoms with E-state index in [2.05, 4.69) is 32.7 Å². The van der Waals surface area contributed by atoms with Gasteiger partial charge in [-0.2, -0.15) is 15.1 Å². The van der Waals surface area contributed by atoms with Crippen molar-refractivity contribution in [3.8, 4) is 11.5 Å². The fourth-order valence-electron chi connectivity index (χ4n) is 3.72. The van der Waals surface area contributed by atoms with E-state index in [1.807, 2.05) is 37.3 Å². The number of aliphatic imine (C=N–C) groups is 1. The molecule has 5 rings (SSSR count). The number of hydrogen-bond acceptors (Lipinski definition) is 6. The van der Waals surface area contributed by atoms with Crippen LogP contribution in [-0.4, -0.2) is 34.1 Å². The maximum Gasteiger partial charge on any atom is 0.283 e. The summed E-state index contributed by atoms with van der Waals surface area (Å²) in [4.78, 5) is 17.1. The molecule has 0 bridgehead atoms. The number of ether oxygens (including phenoxy) is 2. The van der Waals surface area contributed by atoms with E-state index in [1.165, 1.54) is 23.9 Å². The number of hydrazone groups is 1. The number of carbonyl (C=O) groups excluding carboxylic acids is 1. The number of benzene rings is 3. The number of amides is 1. The molecule has 3 aromatic carbocycles. The van der Waals surface area contributed by atoms with Crippen LogP contribution in [0.3, 0.4) is 0 Å². The Balaban J connectivity index is 1.41. The Kier molecular flexibility index (Phi) is 7.80. The van der Waals surface area contributed by atoms with Gasteiger partial charge < -0.3 is 9.47 Å². The van der Waals surface area contributed by atoms with Gasteiger partial charge in [0.1, 0.15) is 11.7 Å². The zero-order valence-electron chi connectivity index (χ0n) is 20.1. The summed E-state index contributed by atoms with van der Waals surface area (Å²) in [5, 5.41) is 16.7. The molecule has 0 atom stereocenters. The lowest BCUT2D eigenvalue weighted by Crippen LogP contribution is -2.35. The molecule has 7 nitrogen and oxygen atoms in total. The van der Waals surface area contributed by atoms with E-state index in [9.17, 15) is 4.79 Å². The van der Waals surface area contributed by atoms with Crippen LogP contribution in [0.2, 0.25) is 10.0 Å². The van der Waals surface area contributed by atoms with Gasteiger partial charge in [-0.15, -0.1) is 0 Å². The summed E-state index contributed by atoms with van der Waals surface area (Å²) in [5.41, 5.74) is 3.60. The Bertz CT molecular complexity index is 1570. The summed E-state index contributed by atoms with van der Waals surface area (Å²) in [6.45, 7) is 2.23. The van der Waals surface area contributed by atoms with Crippen molar-refractivity contribution >= 4 is 85.6 Å². The maximum absolute atomic E-state index is 12.9.